The van der Waals surface area contributed by atoms with Gasteiger partial charge in [-0.25, -0.2) is 4.68 Å². The van der Waals surface area contributed by atoms with Crippen LogP contribution in [-0.4, -0.2) is 41.3 Å². The van der Waals surface area contributed by atoms with E-state index in [1.807, 2.05) is 0 Å². The quantitative estimate of drug-likeness (QED) is 0.633. The zero-order valence-electron chi connectivity index (χ0n) is 18.1. The summed E-state index contributed by atoms with van der Waals surface area (Å²) in [6.07, 6.45) is -5.73. The van der Waals surface area contributed by atoms with Crippen molar-refractivity contribution in [3.63, 3.8) is 0 Å². The Morgan fingerprint density at radius 2 is 1.74 bits per heavy atom. The molecule has 0 radical (unpaired) electrons. The lowest BCUT2D eigenvalue weighted by atomic mass is 10.1. The number of nitrogens with zero attached hydrogens (tertiary/aromatic N) is 3. The maximum absolute atomic E-state index is 13.6. The number of ether oxygens (including phenoxy) is 1. The van der Waals surface area contributed by atoms with Gasteiger partial charge in [-0.15, -0.1) is 0 Å². The molecule has 1 N–H and O–H groups in total. The zero-order valence-corrected chi connectivity index (χ0v) is 18.1. The second-order valence-corrected chi connectivity index (χ2v) is 7.53. The third-order valence-corrected chi connectivity index (χ3v) is 5.31. The van der Waals surface area contributed by atoms with E-state index in [9.17, 15) is 27.6 Å². The van der Waals surface area contributed by atoms with Crippen molar-refractivity contribution in [2.45, 2.75) is 19.2 Å². The van der Waals surface area contributed by atoms with Crippen molar-refractivity contribution in [2.75, 3.05) is 18.5 Å². The highest BCUT2D eigenvalue weighted by molar-refractivity contribution is 6.06. The summed E-state index contributed by atoms with van der Waals surface area (Å²) in [7, 11) is 1.41. The van der Waals surface area contributed by atoms with Crippen molar-refractivity contribution in [1.29, 1.82) is 0 Å². The number of carbonyl (C=O) groups is 2. The van der Waals surface area contributed by atoms with Crippen LogP contribution in [0.15, 0.2) is 59.4 Å². The fourth-order valence-electron chi connectivity index (χ4n) is 3.69. The first kappa shape index (κ1) is 23.0. The average molecular weight is 472 g/mol. The monoisotopic (exact) mass is 472 g/mol. The molecule has 0 spiro atoms. The van der Waals surface area contributed by atoms with Gasteiger partial charge >= 0.3 is 6.18 Å². The molecular weight excluding hydrogens is 453 g/mol. The first-order valence-electron chi connectivity index (χ1n) is 10.2. The molecule has 0 saturated heterocycles. The summed E-state index contributed by atoms with van der Waals surface area (Å²) in [6.45, 7) is 1.20. The molecule has 1 aromatic heterocycles. The van der Waals surface area contributed by atoms with Crippen LogP contribution in [0.2, 0.25) is 0 Å². The molecule has 4 rings (SSSR count). The second-order valence-electron chi connectivity index (χ2n) is 7.53. The highest BCUT2D eigenvalue weighted by atomic mass is 19.4. The van der Waals surface area contributed by atoms with Gasteiger partial charge in [0.15, 0.2) is 11.8 Å². The second kappa shape index (κ2) is 8.65. The fourth-order valence-corrected chi connectivity index (χ4v) is 3.69. The number of fused-ring (bicyclic) bond motifs is 1. The average Bonchev–Trinajstić information content (AvgIpc) is 2.82. The lowest BCUT2D eigenvalue weighted by Gasteiger charge is -2.33. The Bertz CT molecular complexity index is 1340. The lowest BCUT2D eigenvalue weighted by Crippen LogP contribution is -2.51. The molecule has 3 aromatic rings. The summed E-state index contributed by atoms with van der Waals surface area (Å²) < 4.78 is 47.3. The number of carbonyl (C=O) groups excluding carboxylic acids is 2. The number of hydrogen-bond acceptors (Lipinski definition) is 5. The molecular formula is C23H19F3N4O4. The normalized spacial score (nSPS) is 15.3. The van der Waals surface area contributed by atoms with Gasteiger partial charge in [-0.2, -0.15) is 18.3 Å². The van der Waals surface area contributed by atoms with Gasteiger partial charge in [0.2, 0.25) is 5.43 Å². The van der Waals surface area contributed by atoms with E-state index in [-0.39, 0.29) is 23.7 Å². The largest absolute Gasteiger partial charge is 0.477 e. The number of halogens is 3. The van der Waals surface area contributed by atoms with Gasteiger partial charge in [0, 0.05) is 18.8 Å². The molecule has 2 heterocycles. The van der Waals surface area contributed by atoms with E-state index in [1.54, 1.807) is 24.3 Å². The van der Waals surface area contributed by atoms with Gasteiger partial charge in [-0.3, -0.25) is 19.3 Å². The number of alkyl halides is 3. The van der Waals surface area contributed by atoms with Crippen molar-refractivity contribution in [2.24, 2.45) is 0 Å². The molecule has 0 fully saturated rings. The number of anilines is 1. The van der Waals surface area contributed by atoms with Crippen LogP contribution < -0.4 is 20.4 Å². The topological polar surface area (TPSA) is 93.5 Å². The smallest absolute Gasteiger partial charge is 0.418 e. The molecule has 11 heteroatoms. The number of para-hydroxylation sites is 3. The Morgan fingerprint density at radius 3 is 2.41 bits per heavy atom. The van der Waals surface area contributed by atoms with Crippen molar-refractivity contribution in [3.8, 4) is 11.4 Å². The van der Waals surface area contributed by atoms with E-state index in [4.69, 9.17) is 4.74 Å². The number of rotatable bonds is 3. The Morgan fingerprint density at radius 1 is 1.09 bits per heavy atom. The van der Waals surface area contributed by atoms with Gasteiger partial charge in [-0.1, -0.05) is 24.3 Å². The van der Waals surface area contributed by atoms with Crippen molar-refractivity contribution in [3.05, 3.63) is 81.8 Å². The fraction of sp³-hybridized carbons (Fsp3) is 0.217. The summed E-state index contributed by atoms with van der Waals surface area (Å²) in [4.78, 5) is 39.5. The number of likely N-dealkylation sites (N-methyl/N-ethyl adjacent to an activating group) is 1. The number of amides is 2. The molecule has 0 aliphatic carbocycles. The Kier molecular flexibility index (Phi) is 5.86. The van der Waals surface area contributed by atoms with E-state index >= 15 is 0 Å². The van der Waals surface area contributed by atoms with Crippen molar-refractivity contribution >= 4 is 17.5 Å². The predicted octanol–water partition coefficient (Wildman–Crippen LogP) is 2.71. The minimum absolute atomic E-state index is 0.115. The molecule has 1 aliphatic rings. The molecule has 176 valence electrons. The van der Waals surface area contributed by atoms with E-state index in [0.717, 1.165) is 21.7 Å². The lowest BCUT2D eigenvalue weighted by molar-refractivity contribution is -0.137. The third-order valence-electron chi connectivity index (χ3n) is 5.31. The van der Waals surface area contributed by atoms with Crippen LogP contribution in [0.25, 0.3) is 5.69 Å². The van der Waals surface area contributed by atoms with Gasteiger partial charge in [0.05, 0.1) is 23.5 Å². The minimum atomic E-state index is -4.68. The Labute approximate surface area is 191 Å². The summed E-state index contributed by atoms with van der Waals surface area (Å²) in [5.41, 5.74) is -2.23. The summed E-state index contributed by atoms with van der Waals surface area (Å²) in [5.74, 6) is -1.11. The Balaban J connectivity index is 1.83. The summed E-state index contributed by atoms with van der Waals surface area (Å²) >= 11 is 0. The molecule has 0 saturated carbocycles. The number of hydrogen-bond donors (Lipinski definition) is 1. The van der Waals surface area contributed by atoms with E-state index in [2.05, 4.69) is 10.4 Å². The SMILES string of the molecule is CNC(=O)C1CN(C(=O)c2nn(-c3ccccc3C(F)(F)F)c(C)cc2=O)c2ccccc2O1. The van der Waals surface area contributed by atoms with Crippen molar-refractivity contribution in [1.82, 2.24) is 15.1 Å². The van der Waals surface area contributed by atoms with Crippen LogP contribution in [0.3, 0.4) is 0 Å². The third kappa shape index (κ3) is 4.12. The molecule has 2 amide bonds. The summed E-state index contributed by atoms with van der Waals surface area (Å²) in [6, 6.07) is 12.2. The molecule has 8 nitrogen and oxygen atoms in total. The summed E-state index contributed by atoms with van der Waals surface area (Å²) in [5, 5.41) is 6.47. The maximum Gasteiger partial charge on any atom is 0.418 e. The van der Waals surface area contributed by atoms with Crippen LogP contribution in [0.4, 0.5) is 18.9 Å². The molecule has 0 bridgehead atoms. The molecule has 1 aliphatic heterocycles. The zero-order chi connectivity index (χ0) is 24.6. The van der Waals surface area contributed by atoms with Gasteiger partial charge in [0.1, 0.15) is 5.75 Å². The highest BCUT2D eigenvalue weighted by Gasteiger charge is 2.37. The minimum Gasteiger partial charge on any atom is -0.477 e. The first-order valence-corrected chi connectivity index (χ1v) is 10.2. The number of nitrogens with one attached hydrogen (secondary N) is 1. The van der Waals surface area contributed by atoms with Crippen LogP contribution in [0.5, 0.6) is 5.75 Å². The van der Waals surface area contributed by atoms with Crippen LogP contribution in [0.1, 0.15) is 21.7 Å². The van der Waals surface area contributed by atoms with Crippen LogP contribution in [0, 0.1) is 6.92 Å². The van der Waals surface area contributed by atoms with E-state index in [0.29, 0.717) is 5.69 Å². The first-order chi connectivity index (χ1) is 16.1. The number of benzene rings is 2. The molecule has 1 atom stereocenters. The van der Waals surface area contributed by atoms with Gasteiger partial charge in [-0.05, 0) is 31.2 Å². The van der Waals surface area contributed by atoms with Crippen LogP contribution in [-0.2, 0) is 11.0 Å². The molecule has 2 aromatic carbocycles. The molecule has 1 unspecified atom stereocenters. The molecule has 34 heavy (non-hydrogen) atoms. The predicted molar refractivity (Wildman–Crippen MR) is 116 cm³/mol. The van der Waals surface area contributed by atoms with E-state index < -0.39 is 40.8 Å². The Hall–Kier alpha value is -4.15. The van der Waals surface area contributed by atoms with Gasteiger partial charge < -0.3 is 10.1 Å². The highest BCUT2D eigenvalue weighted by Crippen LogP contribution is 2.35. The number of aryl methyl sites for hydroxylation is 1. The van der Waals surface area contributed by atoms with Gasteiger partial charge in [0.25, 0.3) is 11.8 Å². The van der Waals surface area contributed by atoms with Crippen molar-refractivity contribution < 1.29 is 27.5 Å². The maximum atomic E-state index is 13.6. The standard InChI is InChI=1S/C23H19F3N4O4/c1-13-11-17(31)20(28-30(13)15-8-4-3-7-14(15)23(24,25)26)22(33)29-12-19(21(32)27-2)34-18-10-6-5-9-16(18)29/h3-11,19H,12H2,1-2H3,(H,27,32). The van der Waals surface area contributed by atoms with Crippen LogP contribution >= 0.6 is 0 Å². The van der Waals surface area contributed by atoms with E-state index in [1.165, 1.54) is 32.2 Å². The number of aromatic nitrogens is 2.